The van der Waals surface area contributed by atoms with E-state index in [0.717, 1.165) is 24.3 Å². The molecule has 1 saturated carbocycles. The summed E-state index contributed by atoms with van der Waals surface area (Å²) in [5.41, 5.74) is 0.0750. The Bertz CT molecular complexity index is 782. The Morgan fingerprint density at radius 2 is 0.893 bits per heavy atom. The fourth-order valence-corrected chi connectivity index (χ4v) is 3.36. The first-order valence-corrected chi connectivity index (χ1v) is 8.84. The topological polar surface area (TPSA) is 58.2 Å². The highest BCUT2D eigenvalue weighted by Gasteiger charge is 2.30. The van der Waals surface area contributed by atoms with Crippen LogP contribution in [0.1, 0.15) is 25.7 Å². The molecule has 1 fully saturated rings. The molecule has 2 aromatic rings. The van der Waals surface area contributed by atoms with E-state index in [2.05, 4.69) is 10.6 Å². The largest absolute Gasteiger partial charge is 0.326 e. The van der Waals surface area contributed by atoms with Crippen molar-refractivity contribution in [3.05, 3.63) is 59.7 Å². The van der Waals surface area contributed by atoms with Gasteiger partial charge in [-0.1, -0.05) is 0 Å². The molecule has 0 aromatic heterocycles. The SMILES string of the molecule is O=C(Nc1cc(F)cc(F)c1)C1CCC(C(=O)Nc2cc(F)cc(F)c2)CC1. The summed E-state index contributed by atoms with van der Waals surface area (Å²) in [5.74, 6) is -4.65. The summed E-state index contributed by atoms with van der Waals surface area (Å²) in [7, 11) is 0. The molecule has 0 spiro atoms. The normalized spacial score (nSPS) is 19.1. The maximum absolute atomic E-state index is 13.2. The number of carbonyl (C=O) groups excluding carboxylic acids is 2. The Labute approximate surface area is 158 Å². The molecule has 28 heavy (non-hydrogen) atoms. The fraction of sp³-hybridized carbons (Fsp3) is 0.300. The number of anilines is 2. The van der Waals surface area contributed by atoms with Crippen molar-refractivity contribution in [1.82, 2.24) is 0 Å². The minimum atomic E-state index is -0.788. The summed E-state index contributed by atoms with van der Waals surface area (Å²) >= 11 is 0. The summed E-state index contributed by atoms with van der Waals surface area (Å²) in [4.78, 5) is 24.6. The molecule has 3 rings (SSSR count). The lowest BCUT2D eigenvalue weighted by Crippen LogP contribution is -2.32. The van der Waals surface area contributed by atoms with Gasteiger partial charge >= 0.3 is 0 Å². The molecule has 4 nitrogen and oxygen atoms in total. The third-order valence-corrected chi connectivity index (χ3v) is 4.73. The van der Waals surface area contributed by atoms with Crippen molar-refractivity contribution >= 4 is 23.2 Å². The lowest BCUT2D eigenvalue weighted by Gasteiger charge is -2.27. The molecule has 2 N–H and O–H groups in total. The van der Waals surface area contributed by atoms with Crippen LogP contribution in [0.5, 0.6) is 0 Å². The number of benzene rings is 2. The summed E-state index contributed by atoms with van der Waals surface area (Å²) in [6.45, 7) is 0. The van der Waals surface area contributed by atoms with Gasteiger partial charge in [-0.25, -0.2) is 17.6 Å². The average Bonchev–Trinajstić information content (AvgIpc) is 2.60. The van der Waals surface area contributed by atoms with Gasteiger partial charge in [-0.3, -0.25) is 9.59 Å². The Morgan fingerprint density at radius 3 is 1.18 bits per heavy atom. The summed E-state index contributed by atoms with van der Waals surface area (Å²) in [5, 5.41) is 4.97. The van der Waals surface area contributed by atoms with E-state index in [4.69, 9.17) is 0 Å². The number of carbonyl (C=O) groups is 2. The second kappa shape index (κ2) is 8.41. The fourth-order valence-electron chi connectivity index (χ4n) is 3.36. The molecule has 0 bridgehead atoms. The van der Waals surface area contributed by atoms with Crippen LogP contribution in [0.3, 0.4) is 0 Å². The maximum atomic E-state index is 13.2. The van der Waals surface area contributed by atoms with Crippen LogP contribution in [0.2, 0.25) is 0 Å². The third kappa shape index (κ3) is 5.09. The van der Waals surface area contributed by atoms with E-state index in [1.807, 2.05) is 0 Å². The Morgan fingerprint density at radius 1 is 0.607 bits per heavy atom. The van der Waals surface area contributed by atoms with Crippen LogP contribution in [-0.2, 0) is 9.59 Å². The van der Waals surface area contributed by atoms with Gasteiger partial charge in [0.15, 0.2) is 0 Å². The Hall–Kier alpha value is -2.90. The molecule has 0 atom stereocenters. The van der Waals surface area contributed by atoms with Gasteiger partial charge in [-0.15, -0.1) is 0 Å². The van der Waals surface area contributed by atoms with Crippen LogP contribution in [0.15, 0.2) is 36.4 Å². The zero-order valence-electron chi connectivity index (χ0n) is 14.8. The summed E-state index contributed by atoms with van der Waals surface area (Å²) in [6, 6.07) is 5.53. The van der Waals surface area contributed by atoms with Crippen molar-refractivity contribution in [2.24, 2.45) is 11.8 Å². The molecule has 8 heteroatoms. The van der Waals surface area contributed by atoms with Crippen molar-refractivity contribution in [2.75, 3.05) is 10.6 Å². The van der Waals surface area contributed by atoms with Crippen molar-refractivity contribution in [3.8, 4) is 0 Å². The standard InChI is InChI=1S/C20H18F4N2O2/c21-13-5-14(22)8-17(7-13)25-19(27)11-1-2-12(4-3-11)20(28)26-18-9-15(23)6-16(24)10-18/h5-12H,1-4H2,(H,25,27)(H,26,28). The van der Waals surface area contributed by atoms with E-state index in [1.54, 1.807) is 0 Å². The van der Waals surface area contributed by atoms with E-state index in [9.17, 15) is 27.2 Å². The first-order valence-electron chi connectivity index (χ1n) is 8.84. The zero-order chi connectivity index (χ0) is 20.3. The third-order valence-electron chi connectivity index (χ3n) is 4.73. The minimum absolute atomic E-state index is 0.0375. The van der Waals surface area contributed by atoms with Crippen LogP contribution < -0.4 is 10.6 Å². The number of hydrogen-bond acceptors (Lipinski definition) is 2. The molecule has 2 aromatic carbocycles. The predicted octanol–water partition coefficient (Wildman–Crippen LogP) is 4.63. The highest BCUT2D eigenvalue weighted by molar-refractivity contribution is 5.94. The number of hydrogen-bond donors (Lipinski definition) is 2. The van der Waals surface area contributed by atoms with Crippen molar-refractivity contribution < 1.29 is 27.2 Å². The van der Waals surface area contributed by atoms with Crippen LogP contribution in [0.25, 0.3) is 0 Å². The summed E-state index contributed by atoms with van der Waals surface area (Å²) in [6.07, 6.45) is 1.66. The van der Waals surface area contributed by atoms with E-state index in [0.29, 0.717) is 37.8 Å². The van der Waals surface area contributed by atoms with Gasteiger partial charge in [0.1, 0.15) is 23.3 Å². The van der Waals surface area contributed by atoms with Crippen LogP contribution in [0.4, 0.5) is 28.9 Å². The molecule has 0 saturated heterocycles. The van der Waals surface area contributed by atoms with Crippen LogP contribution in [0, 0.1) is 35.1 Å². The van der Waals surface area contributed by atoms with Crippen molar-refractivity contribution in [2.45, 2.75) is 25.7 Å². The van der Waals surface area contributed by atoms with Crippen LogP contribution >= 0.6 is 0 Å². The Balaban J connectivity index is 1.53. The average molecular weight is 394 g/mol. The number of rotatable bonds is 4. The predicted molar refractivity (Wildman–Crippen MR) is 95.4 cm³/mol. The number of amides is 2. The number of nitrogens with one attached hydrogen (secondary N) is 2. The smallest absolute Gasteiger partial charge is 0.227 e. The Kier molecular flexibility index (Phi) is 5.96. The lowest BCUT2D eigenvalue weighted by molar-refractivity contribution is -0.125. The van der Waals surface area contributed by atoms with Gasteiger partial charge in [-0.05, 0) is 49.9 Å². The molecule has 1 aliphatic rings. The molecule has 0 radical (unpaired) electrons. The van der Waals surface area contributed by atoms with E-state index < -0.39 is 23.3 Å². The summed E-state index contributed by atoms with van der Waals surface area (Å²) < 4.78 is 52.8. The molecule has 1 aliphatic carbocycles. The van der Waals surface area contributed by atoms with E-state index in [1.165, 1.54) is 0 Å². The molecule has 2 amide bonds. The maximum Gasteiger partial charge on any atom is 0.227 e. The van der Waals surface area contributed by atoms with E-state index >= 15 is 0 Å². The monoisotopic (exact) mass is 394 g/mol. The van der Waals surface area contributed by atoms with Gasteiger partial charge in [0.05, 0.1) is 0 Å². The molecule has 0 unspecified atom stereocenters. The highest BCUT2D eigenvalue weighted by atomic mass is 19.1. The highest BCUT2D eigenvalue weighted by Crippen LogP contribution is 2.31. The first-order chi connectivity index (χ1) is 13.3. The van der Waals surface area contributed by atoms with Gasteiger partial charge in [0, 0.05) is 35.3 Å². The second-order valence-electron chi connectivity index (χ2n) is 6.84. The van der Waals surface area contributed by atoms with E-state index in [-0.39, 0.29) is 35.0 Å². The molecular weight excluding hydrogens is 376 g/mol. The van der Waals surface area contributed by atoms with Gasteiger partial charge in [-0.2, -0.15) is 0 Å². The van der Waals surface area contributed by atoms with Gasteiger partial charge in [0.25, 0.3) is 0 Å². The van der Waals surface area contributed by atoms with Crippen molar-refractivity contribution in [3.63, 3.8) is 0 Å². The van der Waals surface area contributed by atoms with Crippen molar-refractivity contribution in [1.29, 1.82) is 0 Å². The number of halogens is 4. The second-order valence-corrected chi connectivity index (χ2v) is 6.84. The molecule has 148 valence electrons. The van der Waals surface area contributed by atoms with Crippen LogP contribution in [-0.4, -0.2) is 11.8 Å². The van der Waals surface area contributed by atoms with Gasteiger partial charge in [0.2, 0.25) is 11.8 Å². The lowest BCUT2D eigenvalue weighted by atomic mass is 9.81. The minimum Gasteiger partial charge on any atom is -0.326 e. The quantitative estimate of drug-likeness (QED) is 0.743. The molecule has 0 heterocycles. The first kappa shape index (κ1) is 19.9. The van der Waals surface area contributed by atoms with Gasteiger partial charge < -0.3 is 10.6 Å². The molecular formula is C20H18F4N2O2. The molecule has 0 aliphatic heterocycles. The zero-order valence-corrected chi connectivity index (χ0v) is 14.8.